The smallest absolute Gasteiger partial charge is 0.416 e. The van der Waals surface area contributed by atoms with E-state index in [4.69, 9.17) is 0 Å². The maximum Gasteiger partial charge on any atom is 0.416 e. The molecule has 1 aliphatic rings. The number of benzene rings is 2. The number of carbonyl (C=O) groups is 2. The minimum Gasteiger partial charge on any atom is -0.480 e. The highest BCUT2D eigenvalue weighted by atomic mass is 19.4. The number of aliphatic carboxylic acids is 1. The van der Waals surface area contributed by atoms with Crippen LogP contribution in [0, 0.1) is 0 Å². The van der Waals surface area contributed by atoms with E-state index < -0.39 is 29.7 Å². The van der Waals surface area contributed by atoms with Crippen molar-refractivity contribution in [3.05, 3.63) is 70.8 Å². The van der Waals surface area contributed by atoms with Crippen LogP contribution in [0.15, 0.2) is 48.5 Å². The lowest BCUT2D eigenvalue weighted by Gasteiger charge is -2.34. The molecule has 1 unspecified atom stereocenters. The number of carboxylic acid groups (broad SMARTS) is 1. The first kappa shape index (κ1) is 18.0. The molecular formula is C19H16F3NO3. The average molecular weight is 363 g/mol. The first-order valence-electron chi connectivity index (χ1n) is 8.01. The van der Waals surface area contributed by atoms with Crippen LogP contribution in [-0.2, 0) is 35.2 Å². The van der Waals surface area contributed by atoms with Gasteiger partial charge in [-0.25, -0.2) is 4.79 Å². The van der Waals surface area contributed by atoms with Crippen molar-refractivity contribution >= 4 is 11.9 Å². The highest BCUT2D eigenvalue weighted by molar-refractivity contribution is 5.85. The molecule has 0 saturated heterocycles. The standard InChI is InChI=1S/C19H16F3NO3/c20-19(21,22)15-7-5-12(6-8-15)9-17(24)23-11-14-4-2-1-3-13(14)10-16(23)18(25)26/h1-8,16H,9-11H2,(H,25,26). The summed E-state index contributed by atoms with van der Waals surface area (Å²) >= 11 is 0. The second-order valence-corrected chi connectivity index (χ2v) is 6.22. The normalized spacial score (nSPS) is 16.9. The molecule has 2 aromatic carbocycles. The van der Waals surface area contributed by atoms with E-state index >= 15 is 0 Å². The number of carboxylic acids is 1. The second kappa shape index (κ2) is 6.82. The molecule has 0 aromatic heterocycles. The van der Waals surface area contributed by atoms with Gasteiger partial charge in [-0.15, -0.1) is 0 Å². The summed E-state index contributed by atoms with van der Waals surface area (Å²) in [7, 11) is 0. The van der Waals surface area contributed by atoms with E-state index in [-0.39, 0.29) is 19.4 Å². The number of hydrogen-bond donors (Lipinski definition) is 1. The number of fused-ring (bicyclic) bond motifs is 1. The first-order chi connectivity index (χ1) is 12.3. The summed E-state index contributed by atoms with van der Waals surface area (Å²) < 4.78 is 37.8. The summed E-state index contributed by atoms with van der Waals surface area (Å²) in [6.45, 7) is 0.173. The van der Waals surface area contributed by atoms with Crippen molar-refractivity contribution in [3.8, 4) is 0 Å². The Labute approximate surface area is 147 Å². The number of nitrogens with zero attached hydrogens (tertiary/aromatic N) is 1. The lowest BCUT2D eigenvalue weighted by atomic mass is 9.93. The molecule has 0 fully saturated rings. The summed E-state index contributed by atoms with van der Waals surface area (Å²) in [5, 5.41) is 9.46. The number of rotatable bonds is 3. The largest absolute Gasteiger partial charge is 0.480 e. The van der Waals surface area contributed by atoms with Crippen LogP contribution in [0.3, 0.4) is 0 Å². The van der Waals surface area contributed by atoms with Gasteiger partial charge in [0.05, 0.1) is 12.0 Å². The molecule has 0 bridgehead atoms. The Morgan fingerprint density at radius 3 is 2.23 bits per heavy atom. The molecule has 4 nitrogen and oxygen atoms in total. The third-order valence-electron chi connectivity index (χ3n) is 4.49. The number of alkyl halides is 3. The van der Waals surface area contributed by atoms with Crippen molar-refractivity contribution in [2.24, 2.45) is 0 Å². The maximum absolute atomic E-state index is 12.6. The molecule has 0 radical (unpaired) electrons. The molecule has 0 spiro atoms. The summed E-state index contributed by atoms with van der Waals surface area (Å²) in [6.07, 6.45) is -4.37. The van der Waals surface area contributed by atoms with E-state index in [1.807, 2.05) is 24.3 Å². The molecule has 1 heterocycles. The maximum atomic E-state index is 12.6. The summed E-state index contributed by atoms with van der Waals surface area (Å²) in [6, 6.07) is 10.7. The quantitative estimate of drug-likeness (QED) is 0.911. The van der Waals surface area contributed by atoms with Gasteiger partial charge in [-0.1, -0.05) is 36.4 Å². The lowest BCUT2D eigenvalue weighted by Crippen LogP contribution is -2.49. The molecular weight excluding hydrogens is 347 g/mol. The molecule has 26 heavy (non-hydrogen) atoms. The Balaban J connectivity index is 1.78. The third-order valence-corrected chi connectivity index (χ3v) is 4.49. The molecule has 0 saturated carbocycles. The molecule has 1 N–H and O–H groups in total. The van der Waals surface area contributed by atoms with Crippen LogP contribution in [0.5, 0.6) is 0 Å². The van der Waals surface area contributed by atoms with Gasteiger partial charge in [-0.2, -0.15) is 13.2 Å². The van der Waals surface area contributed by atoms with Crippen LogP contribution in [0.25, 0.3) is 0 Å². The first-order valence-corrected chi connectivity index (χ1v) is 8.01. The minimum absolute atomic E-state index is 0.149. The number of hydrogen-bond acceptors (Lipinski definition) is 2. The van der Waals surface area contributed by atoms with Crippen molar-refractivity contribution in [1.82, 2.24) is 4.90 Å². The second-order valence-electron chi connectivity index (χ2n) is 6.22. The van der Waals surface area contributed by atoms with E-state index in [1.165, 1.54) is 17.0 Å². The Morgan fingerprint density at radius 2 is 1.65 bits per heavy atom. The van der Waals surface area contributed by atoms with Crippen LogP contribution >= 0.6 is 0 Å². The van der Waals surface area contributed by atoms with Crippen LogP contribution in [-0.4, -0.2) is 27.9 Å². The number of halogens is 3. The van der Waals surface area contributed by atoms with E-state index in [2.05, 4.69) is 0 Å². The zero-order valence-electron chi connectivity index (χ0n) is 13.7. The monoisotopic (exact) mass is 363 g/mol. The van der Waals surface area contributed by atoms with Gasteiger partial charge in [-0.05, 0) is 28.8 Å². The fraction of sp³-hybridized carbons (Fsp3) is 0.263. The van der Waals surface area contributed by atoms with Crippen molar-refractivity contribution in [1.29, 1.82) is 0 Å². The van der Waals surface area contributed by atoms with E-state index in [0.29, 0.717) is 5.56 Å². The molecule has 7 heteroatoms. The van der Waals surface area contributed by atoms with E-state index in [1.54, 1.807) is 0 Å². The van der Waals surface area contributed by atoms with Gasteiger partial charge >= 0.3 is 12.1 Å². The predicted octanol–water partition coefficient (Wildman–Crippen LogP) is 3.29. The average Bonchev–Trinajstić information content (AvgIpc) is 2.60. The van der Waals surface area contributed by atoms with Gasteiger partial charge < -0.3 is 10.0 Å². The van der Waals surface area contributed by atoms with Crippen LogP contribution in [0.4, 0.5) is 13.2 Å². The predicted molar refractivity (Wildman–Crippen MR) is 87.3 cm³/mol. The molecule has 1 amide bonds. The molecule has 1 aliphatic heterocycles. The minimum atomic E-state index is -4.44. The zero-order chi connectivity index (χ0) is 18.9. The van der Waals surface area contributed by atoms with Gasteiger partial charge in [0.25, 0.3) is 0 Å². The van der Waals surface area contributed by atoms with Crippen LogP contribution in [0.2, 0.25) is 0 Å². The number of carbonyl (C=O) groups excluding carboxylic acids is 1. The van der Waals surface area contributed by atoms with Crippen LogP contribution in [0.1, 0.15) is 22.3 Å². The summed E-state index contributed by atoms with van der Waals surface area (Å²) in [5.41, 5.74) is 1.39. The van der Waals surface area contributed by atoms with Crippen molar-refractivity contribution in [2.75, 3.05) is 0 Å². The van der Waals surface area contributed by atoms with E-state index in [9.17, 15) is 27.9 Å². The number of amides is 1. The highest BCUT2D eigenvalue weighted by Crippen LogP contribution is 2.29. The molecule has 1 atom stereocenters. The Kier molecular flexibility index (Phi) is 4.71. The molecule has 2 aromatic rings. The Bertz CT molecular complexity index is 831. The SMILES string of the molecule is O=C(O)C1Cc2ccccc2CN1C(=O)Cc1ccc(C(F)(F)F)cc1. The zero-order valence-corrected chi connectivity index (χ0v) is 13.7. The highest BCUT2D eigenvalue weighted by Gasteiger charge is 2.34. The Hall–Kier alpha value is -2.83. The van der Waals surface area contributed by atoms with Gasteiger partial charge in [0.2, 0.25) is 5.91 Å². The van der Waals surface area contributed by atoms with Gasteiger partial charge in [0, 0.05) is 13.0 Å². The third kappa shape index (κ3) is 3.71. The van der Waals surface area contributed by atoms with Gasteiger partial charge in [0.15, 0.2) is 0 Å². The van der Waals surface area contributed by atoms with E-state index in [0.717, 1.165) is 23.3 Å². The van der Waals surface area contributed by atoms with Crippen molar-refractivity contribution in [3.63, 3.8) is 0 Å². The summed E-state index contributed by atoms with van der Waals surface area (Å²) in [5.74, 6) is -1.52. The van der Waals surface area contributed by atoms with Crippen LogP contribution < -0.4 is 0 Å². The van der Waals surface area contributed by atoms with Gasteiger partial charge in [0.1, 0.15) is 6.04 Å². The molecule has 136 valence electrons. The Morgan fingerprint density at radius 1 is 1.04 bits per heavy atom. The van der Waals surface area contributed by atoms with Crippen molar-refractivity contribution in [2.45, 2.75) is 31.6 Å². The fourth-order valence-corrected chi connectivity index (χ4v) is 3.09. The lowest BCUT2D eigenvalue weighted by molar-refractivity contribution is -0.151. The van der Waals surface area contributed by atoms with Crippen molar-refractivity contribution < 1.29 is 27.9 Å². The fourth-order valence-electron chi connectivity index (χ4n) is 3.09. The molecule has 3 rings (SSSR count). The summed E-state index contributed by atoms with van der Waals surface area (Å²) in [4.78, 5) is 25.5. The topological polar surface area (TPSA) is 57.6 Å². The molecule has 0 aliphatic carbocycles. The van der Waals surface area contributed by atoms with Gasteiger partial charge in [-0.3, -0.25) is 4.79 Å².